The molecule has 1 aromatic heterocycles. The van der Waals surface area contributed by atoms with Crippen LogP contribution in [0.4, 0.5) is 35.4 Å². The Hall–Kier alpha value is -8.87. The third-order valence-electron chi connectivity index (χ3n) is 11.6. The number of rotatable bonds is 21. The molecule has 0 saturated heterocycles. The van der Waals surface area contributed by atoms with Gasteiger partial charge in [0.25, 0.3) is 0 Å². The second-order valence-corrected chi connectivity index (χ2v) is 19.8. The van der Waals surface area contributed by atoms with E-state index in [9.17, 15) is 36.0 Å². The normalized spacial score (nSPS) is 12.1. The van der Waals surface area contributed by atoms with Gasteiger partial charge in [0.1, 0.15) is 35.2 Å². The van der Waals surface area contributed by atoms with Crippen molar-refractivity contribution in [1.82, 2.24) is 34.6 Å². The highest BCUT2D eigenvalue weighted by atomic mass is 32.2. The lowest BCUT2D eigenvalue weighted by atomic mass is 10.00. The molecule has 6 amide bonds. The summed E-state index contributed by atoms with van der Waals surface area (Å²) in [5.41, 5.74) is 1.29. The lowest BCUT2D eigenvalue weighted by Crippen LogP contribution is -2.54. The van der Waals surface area contributed by atoms with Crippen LogP contribution in [0.25, 0.3) is 16.8 Å². The van der Waals surface area contributed by atoms with Crippen LogP contribution in [0.5, 0.6) is 11.5 Å². The number of likely N-dealkylation sites (N-methyl/N-ethyl adjacent to an activating group) is 2. The molecule has 0 unspecified atom stereocenters. The van der Waals surface area contributed by atoms with E-state index in [-0.39, 0.29) is 36.4 Å². The zero-order chi connectivity index (χ0) is 54.6. The number of anilines is 3. The van der Waals surface area contributed by atoms with Crippen molar-refractivity contribution >= 4 is 61.4 Å². The molecule has 0 bridgehead atoms. The number of aromatic nitrogens is 2. The number of methoxy groups -OCH3 is 2. The van der Waals surface area contributed by atoms with Crippen LogP contribution in [-0.4, -0.2) is 90.9 Å². The van der Waals surface area contributed by atoms with E-state index in [0.29, 0.717) is 45.9 Å². The molecule has 76 heavy (non-hydrogen) atoms. The highest BCUT2D eigenvalue weighted by Crippen LogP contribution is 2.38. The van der Waals surface area contributed by atoms with Crippen molar-refractivity contribution in [2.24, 2.45) is 0 Å². The van der Waals surface area contributed by atoms with Crippen molar-refractivity contribution in [3.05, 3.63) is 186 Å². The van der Waals surface area contributed by atoms with E-state index in [1.807, 2.05) is 9.44 Å². The van der Waals surface area contributed by atoms with Gasteiger partial charge in [-0.05, 0) is 83.4 Å². The summed E-state index contributed by atoms with van der Waals surface area (Å²) in [6, 6.07) is 32.0. The van der Waals surface area contributed by atoms with Crippen LogP contribution in [0.15, 0.2) is 158 Å². The molecule has 0 spiro atoms. The van der Waals surface area contributed by atoms with Gasteiger partial charge in [0.15, 0.2) is 0 Å². The predicted octanol–water partition coefficient (Wildman–Crippen LogP) is 5.97. The third-order valence-corrected chi connectivity index (χ3v) is 13.6. The van der Waals surface area contributed by atoms with Gasteiger partial charge >= 0.3 is 32.5 Å². The number of amides is 6. The standard InChI is InChI=1S/C52H52F2N10O10S2/c1-62(37-19-21-39(73-3)22-20-37)49(65)46(28-34-13-7-5-8-14-34)57-52(68)61-76(71,72)59-45-32-43(53)41(31-44(45)54)42-30-40(74-4)23-24-48(42)63(2)50(66)47(29-35-15-9-6-10-16-35)58-51(67)60-75(69,70)56-33-36-17-11-18-38(27-36)64-26-12-25-55-64/h5-27,30-32,46-47,56,59H,28-29,33H2,1-4H3,(H2,57,61,68)(H2,58,60,67)/t46-,47-/m0/s1. The molecule has 7 rings (SSSR count). The Kier molecular flexibility index (Phi) is 17.7. The Bertz CT molecular complexity index is 3420. The van der Waals surface area contributed by atoms with Gasteiger partial charge in [0.2, 0.25) is 11.8 Å². The molecule has 0 aliphatic heterocycles. The van der Waals surface area contributed by atoms with Gasteiger partial charge in [-0.25, -0.2) is 32.5 Å². The van der Waals surface area contributed by atoms with Crippen LogP contribution in [0.3, 0.4) is 0 Å². The highest BCUT2D eigenvalue weighted by Gasteiger charge is 2.31. The first-order valence-electron chi connectivity index (χ1n) is 23.0. The van der Waals surface area contributed by atoms with Crippen LogP contribution in [0.1, 0.15) is 16.7 Å². The largest absolute Gasteiger partial charge is 0.497 e. The Morgan fingerprint density at radius 3 is 1.75 bits per heavy atom. The molecular weight excluding hydrogens is 1030 g/mol. The van der Waals surface area contributed by atoms with Gasteiger partial charge in [-0.1, -0.05) is 72.8 Å². The Balaban J connectivity index is 1.07. The SMILES string of the molecule is COc1ccc(N(C)C(=O)[C@H](Cc2ccccc2)NC(=O)NS(=O)(=O)Nc2cc(F)c(-c3cc(OC)ccc3N(C)C(=O)[C@H](Cc3ccccc3)NC(=O)NS(=O)(=O)NCc3cccc(-n4cccn4)c3)cc2F)cc1. The zero-order valence-electron chi connectivity index (χ0n) is 41.2. The molecule has 396 valence electrons. The molecule has 0 radical (unpaired) electrons. The Morgan fingerprint density at radius 1 is 0.605 bits per heavy atom. The van der Waals surface area contributed by atoms with Crippen LogP contribution in [-0.2, 0) is 49.4 Å². The summed E-state index contributed by atoms with van der Waals surface area (Å²) in [5.74, 6) is -3.27. The van der Waals surface area contributed by atoms with Crippen molar-refractivity contribution in [3.63, 3.8) is 0 Å². The van der Waals surface area contributed by atoms with Gasteiger partial charge in [-0.15, -0.1) is 0 Å². The fraction of sp³-hybridized carbons (Fsp3) is 0.173. The van der Waals surface area contributed by atoms with Crippen molar-refractivity contribution < 1.29 is 54.3 Å². The molecular formula is C52H52F2N10O10S2. The molecule has 0 saturated carbocycles. The van der Waals surface area contributed by atoms with Gasteiger partial charge < -0.3 is 29.9 Å². The van der Waals surface area contributed by atoms with Gasteiger partial charge in [-0.2, -0.15) is 26.7 Å². The van der Waals surface area contributed by atoms with Gasteiger partial charge in [-0.3, -0.25) is 14.3 Å². The number of ether oxygens (including phenoxy) is 2. The lowest BCUT2D eigenvalue weighted by Gasteiger charge is -2.27. The maximum absolute atomic E-state index is 16.4. The summed E-state index contributed by atoms with van der Waals surface area (Å²) >= 11 is 0. The van der Waals surface area contributed by atoms with Gasteiger partial charge in [0, 0.05) is 68.8 Å². The molecule has 0 aliphatic carbocycles. The van der Waals surface area contributed by atoms with E-state index >= 15 is 8.78 Å². The number of carbonyl (C=O) groups excluding carboxylic acids is 4. The number of benzene rings is 6. The summed E-state index contributed by atoms with van der Waals surface area (Å²) in [4.78, 5) is 57.2. The van der Waals surface area contributed by atoms with E-state index in [1.54, 1.807) is 137 Å². The smallest absolute Gasteiger partial charge is 0.330 e. The zero-order valence-corrected chi connectivity index (χ0v) is 42.9. The van der Waals surface area contributed by atoms with Crippen LogP contribution in [0, 0.1) is 11.6 Å². The molecule has 6 N–H and O–H groups in total. The number of urea groups is 2. The number of carbonyl (C=O) groups is 4. The Labute approximate surface area is 437 Å². The van der Waals surface area contributed by atoms with Crippen molar-refractivity contribution in [2.75, 3.05) is 42.8 Å². The minimum Gasteiger partial charge on any atom is -0.497 e. The molecule has 1 heterocycles. The predicted molar refractivity (Wildman–Crippen MR) is 281 cm³/mol. The highest BCUT2D eigenvalue weighted by molar-refractivity contribution is 7.91. The minimum atomic E-state index is -5.02. The van der Waals surface area contributed by atoms with Crippen molar-refractivity contribution in [3.8, 4) is 28.3 Å². The van der Waals surface area contributed by atoms with E-state index in [1.165, 1.54) is 51.4 Å². The molecule has 7 aromatic rings. The Morgan fingerprint density at radius 2 is 1.17 bits per heavy atom. The second-order valence-electron chi connectivity index (χ2n) is 16.9. The molecule has 20 nitrogen and oxygen atoms in total. The summed E-state index contributed by atoms with van der Waals surface area (Å²) in [7, 11) is -3.97. The van der Waals surface area contributed by atoms with Crippen LogP contribution < -0.4 is 48.8 Å². The number of hydrogen-bond donors (Lipinski definition) is 6. The quantitative estimate of drug-likeness (QED) is 0.0489. The average molecular weight is 1080 g/mol. The van der Waals surface area contributed by atoms with Gasteiger partial charge in [0.05, 0.1) is 31.3 Å². The van der Waals surface area contributed by atoms with Crippen molar-refractivity contribution in [2.45, 2.75) is 31.5 Å². The molecule has 24 heteroatoms. The molecule has 6 aromatic carbocycles. The number of nitrogens with one attached hydrogen (secondary N) is 6. The molecule has 2 atom stereocenters. The fourth-order valence-corrected chi connectivity index (χ4v) is 9.37. The van der Waals surface area contributed by atoms with Crippen LogP contribution in [0.2, 0.25) is 0 Å². The first kappa shape index (κ1) is 54.9. The van der Waals surface area contributed by atoms with E-state index in [0.717, 1.165) is 4.90 Å². The summed E-state index contributed by atoms with van der Waals surface area (Å²) in [6.45, 7) is -0.213. The first-order valence-corrected chi connectivity index (χ1v) is 26.0. The minimum absolute atomic E-state index is 0.0418. The molecule has 0 fully saturated rings. The fourth-order valence-electron chi connectivity index (χ4n) is 7.84. The number of hydrogen-bond acceptors (Lipinski definition) is 11. The monoisotopic (exact) mass is 1080 g/mol. The lowest BCUT2D eigenvalue weighted by molar-refractivity contribution is -0.120. The second kappa shape index (κ2) is 24.4. The van der Waals surface area contributed by atoms with E-state index in [2.05, 4.69) is 20.5 Å². The topological polar surface area (TPSA) is 252 Å². The number of halogens is 2. The van der Waals surface area contributed by atoms with Crippen LogP contribution >= 0.6 is 0 Å². The van der Waals surface area contributed by atoms with E-state index in [4.69, 9.17) is 9.47 Å². The summed E-state index contributed by atoms with van der Waals surface area (Å²) < 4.78 is 105. The number of nitrogens with zero attached hydrogens (tertiary/aromatic N) is 4. The maximum Gasteiger partial charge on any atom is 0.330 e. The first-order chi connectivity index (χ1) is 36.3. The maximum atomic E-state index is 16.4. The summed E-state index contributed by atoms with van der Waals surface area (Å²) in [5, 5.41) is 8.97. The van der Waals surface area contributed by atoms with E-state index < -0.39 is 79.3 Å². The summed E-state index contributed by atoms with van der Waals surface area (Å²) in [6.07, 6.45) is 3.10. The average Bonchev–Trinajstić information content (AvgIpc) is 3.96. The third kappa shape index (κ3) is 14.5. The molecule has 0 aliphatic rings. The van der Waals surface area contributed by atoms with Crippen molar-refractivity contribution in [1.29, 1.82) is 0 Å².